The summed E-state index contributed by atoms with van der Waals surface area (Å²) in [6.45, 7) is 10.8. The van der Waals surface area contributed by atoms with Crippen LogP contribution in [0.3, 0.4) is 0 Å². The Kier molecular flexibility index (Phi) is 5.13. The summed E-state index contributed by atoms with van der Waals surface area (Å²) in [6, 6.07) is 3.52. The zero-order valence-electron chi connectivity index (χ0n) is 15.3. The Morgan fingerprint density at radius 1 is 1.36 bits per heavy atom. The largest absolute Gasteiger partial charge is 0.464 e. The molecule has 1 aliphatic rings. The molecule has 0 bridgehead atoms. The average Bonchev–Trinajstić information content (AvgIpc) is 3.16. The lowest BCUT2D eigenvalue weighted by molar-refractivity contribution is 0.00399. The van der Waals surface area contributed by atoms with Crippen LogP contribution in [0.5, 0.6) is 0 Å². The topological polar surface area (TPSA) is 72.5 Å². The van der Waals surface area contributed by atoms with Crippen LogP contribution >= 0.6 is 0 Å². The molecule has 136 valence electrons. The molecule has 25 heavy (non-hydrogen) atoms. The lowest BCUT2D eigenvalue weighted by Crippen LogP contribution is -2.47. The molecule has 2 amide bonds. The predicted octanol–water partition coefficient (Wildman–Crippen LogP) is 2.70. The Morgan fingerprint density at radius 3 is 2.80 bits per heavy atom. The van der Waals surface area contributed by atoms with Gasteiger partial charge in [-0.15, -0.1) is 0 Å². The van der Waals surface area contributed by atoms with Crippen LogP contribution in [-0.2, 0) is 17.8 Å². The van der Waals surface area contributed by atoms with E-state index >= 15 is 0 Å². The molecule has 2 aromatic rings. The highest BCUT2D eigenvalue weighted by atomic mass is 16.5. The lowest BCUT2D eigenvalue weighted by Gasteiger charge is -2.34. The van der Waals surface area contributed by atoms with Crippen LogP contribution in [0.1, 0.15) is 41.4 Å². The van der Waals surface area contributed by atoms with Gasteiger partial charge in [-0.2, -0.15) is 5.10 Å². The fourth-order valence-corrected chi connectivity index (χ4v) is 3.28. The number of amides is 2. The molecule has 0 saturated carbocycles. The summed E-state index contributed by atoms with van der Waals surface area (Å²) in [5.74, 6) is 1.60. The van der Waals surface area contributed by atoms with Gasteiger partial charge in [0.25, 0.3) is 0 Å². The number of nitrogens with zero attached hydrogens (tertiary/aromatic N) is 3. The minimum atomic E-state index is -0.192. The normalized spacial score (nSPS) is 17.8. The van der Waals surface area contributed by atoms with Crippen molar-refractivity contribution in [2.45, 2.75) is 46.8 Å². The maximum absolute atomic E-state index is 12.8. The second kappa shape index (κ2) is 7.31. The molecule has 0 unspecified atom stereocenters. The Morgan fingerprint density at radius 2 is 2.16 bits per heavy atom. The third kappa shape index (κ3) is 3.56. The van der Waals surface area contributed by atoms with E-state index < -0.39 is 0 Å². The fraction of sp³-hybridized carbons (Fsp3) is 0.556. The van der Waals surface area contributed by atoms with Gasteiger partial charge in [0, 0.05) is 30.9 Å². The van der Waals surface area contributed by atoms with Crippen molar-refractivity contribution in [3.05, 3.63) is 40.6 Å². The van der Waals surface area contributed by atoms with Crippen molar-refractivity contribution in [2.75, 3.05) is 19.8 Å². The Labute approximate surface area is 147 Å². The molecule has 0 aliphatic carbocycles. The zero-order valence-corrected chi connectivity index (χ0v) is 15.3. The first-order valence-corrected chi connectivity index (χ1v) is 8.72. The number of hydrogen-bond donors (Lipinski definition) is 1. The molecule has 1 saturated heterocycles. The van der Waals surface area contributed by atoms with Crippen LogP contribution in [0, 0.1) is 20.8 Å². The number of nitrogens with one attached hydrogen (secondary N) is 1. The van der Waals surface area contributed by atoms with E-state index in [0.717, 1.165) is 35.0 Å². The maximum Gasteiger partial charge on any atom is 0.318 e. The summed E-state index contributed by atoms with van der Waals surface area (Å²) < 4.78 is 13.2. The molecular weight excluding hydrogens is 320 g/mol. The zero-order chi connectivity index (χ0) is 18.0. The number of furan rings is 1. The summed E-state index contributed by atoms with van der Waals surface area (Å²) in [7, 11) is 0. The molecule has 2 aromatic heterocycles. The van der Waals surface area contributed by atoms with Crippen LogP contribution in [0.25, 0.3) is 0 Å². The minimum absolute atomic E-state index is 0.106. The molecule has 1 atom stereocenters. The number of ether oxygens (including phenoxy) is 1. The highest BCUT2D eigenvalue weighted by Crippen LogP contribution is 2.26. The van der Waals surface area contributed by atoms with Gasteiger partial charge in [-0.1, -0.05) is 0 Å². The van der Waals surface area contributed by atoms with Crippen molar-refractivity contribution in [1.29, 1.82) is 0 Å². The molecule has 1 fully saturated rings. The number of morpholine rings is 1. The third-order valence-electron chi connectivity index (χ3n) is 4.73. The van der Waals surface area contributed by atoms with Crippen molar-refractivity contribution >= 4 is 6.03 Å². The number of urea groups is 1. The van der Waals surface area contributed by atoms with Gasteiger partial charge in [-0.3, -0.25) is 4.68 Å². The van der Waals surface area contributed by atoms with Gasteiger partial charge in [0.1, 0.15) is 17.6 Å². The van der Waals surface area contributed by atoms with E-state index in [9.17, 15) is 4.79 Å². The Bertz CT molecular complexity index is 750. The summed E-state index contributed by atoms with van der Waals surface area (Å²) >= 11 is 0. The van der Waals surface area contributed by atoms with Crippen molar-refractivity contribution < 1.29 is 13.9 Å². The summed E-state index contributed by atoms with van der Waals surface area (Å²) in [5.41, 5.74) is 3.13. The average molecular weight is 346 g/mol. The molecule has 7 nitrogen and oxygen atoms in total. The van der Waals surface area contributed by atoms with Crippen molar-refractivity contribution in [2.24, 2.45) is 0 Å². The van der Waals surface area contributed by atoms with Gasteiger partial charge in [0.2, 0.25) is 0 Å². The van der Waals surface area contributed by atoms with E-state index in [4.69, 9.17) is 9.15 Å². The summed E-state index contributed by atoms with van der Waals surface area (Å²) in [5, 5.41) is 7.53. The fourth-order valence-electron chi connectivity index (χ4n) is 3.28. The van der Waals surface area contributed by atoms with Crippen molar-refractivity contribution in [1.82, 2.24) is 20.0 Å². The molecule has 7 heteroatoms. The second-order valence-electron chi connectivity index (χ2n) is 6.36. The van der Waals surface area contributed by atoms with Crippen LogP contribution in [0.2, 0.25) is 0 Å². The van der Waals surface area contributed by atoms with Crippen molar-refractivity contribution in [3.63, 3.8) is 0 Å². The summed E-state index contributed by atoms with van der Waals surface area (Å²) in [6.07, 6.45) is 0. The molecule has 1 aliphatic heterocycles. The molecule has 0 radical (unpaired) electrons. The number of hydrogen-bond acceptors (Lipinski definition) is 4. The van der Waals surface area contributed by atoms with Gasteiger partial charge in [-0.25, -0.2) is 4.79 Å². The minimum Gasteiger partial charge on any atom is -0.464 e. The highest BCUT2D eigenvalue weighted by Gasteiger charge is 2.31. The predicted molar refractivity (Wildman–Crippen MR) is 93.3 cm³/mol. The standard InChI is InChI=1S/C18H26N4O3/c1-5-22-14(4)15(13(3)20-22)10-19-18(23)21-8-9-24-11-16(21)17-7-6-12(2)25-17/h6-7,16H,5,8-11H2,1-4H3,(H,19,23)/t16-/m1/s1. The quantitative estimate of drug-likeness (QED) is 0.924. The van der Waals surface area contributed by atoms with Gasteiger partial charge in [0.05, 0.1) is 18.9 Å². The van der Waals surface area contributed by atoms with E-state index in [1.54, 1.807) is 4.90 Å². The number of carbonyl (C=O) groups excluding carboxylic acids is 1. The lowest BCUT2D eigenvalue weighted by atomic mass is 10.1. The van der Waals surface area contributed by atoms with Gasteiger partial charge < -0.3 is 19.4 Å². The highest BCUT2D eigenvalue weighted by molar-refractivity contribution is 5.75. The van der Waals surface area contributed by atoms with Crippen molar-refractivity contribution in [3.8, 4) is 0 Å². The van der Waals surface area contributed by atoms with E-state index in [1.165, 1.54) is 0 Å². The van der Waals surface area contributed by atoms with E-state index in [0.29, 0.717) is 26.3 Å². The first-order chi connectivity index (χ1) is 12.0. The van der Waals surface area contributed by atoms with Crippen LogP contribution in [-0.4, -0.2) is 40.5 Å². The van der Waals surface area contributed by atoms with Crippen LogP contribution in [0.4, 0.5) is 4.79 Å². The van der Waals surface area contributed by atoms with Crippen LogP contribution < -0.4 is 5.32 Å². The second-order valence-corrected chi connectivity index (χ2v) is 6.36. The Balaban J connectivity index is 1.70. The molecule has 1 N–H and O–H groups in total. The van der Waals surface area contributed by atoms with E-state index in [-0.39, 0.29) is 12.1 Å². The van der Waals surface area contributed by atoms with Gasteiger partial charge >= 0.3 is 6.03 Å². The van der Waals surface area contributed by atoms with Crippen LogP contribution in [0.15, 0.2) is 16.5 Å². The van der Waals surface area contributed by atoms with E-state index in [1.807, 2.05) is 37.6 Å². The monoisotopic (exact) mass is 346 g/mol. The van der Waals surface area contributed by atoms with Gasteiger partial charge in [0.15, 0.2) is 0 Å². The summed E-state index contributed by atoms with van der Waals surface area (Å²) in [4.78, 5) is 14.5. The maximum atomic E-state index is 12.8. The number of aryl methyl sites for hydroxylation is 3. The number of carbonyl (C=O) groups is 1. The number of aromatic nitrogens is 2. The Hall–Kier alpha value is -2.28. The SMILES string of the molecule is CCn1nc(C)c(CNC(=O)N2CCOC[C@@H]2c2ccc(C)o2)c1C. The first kappa shape index (κ1) is 17.5. The molecule has 3 heterocycles. The first-order valence-electron chi connectivity index (χ1n) is 8.72. The third-order valence-corrected chi connectivity index (χ3v) is 4.73. The number of rotatable bonds is 4. The molecule has 0 aromatic carbocycles. The molecule has 0 spiro atoms. The van der Waals surface area contributed by atoms with Gasteiger partial charge in [-0.05, 0) is 39.8 Å². The molecular formula is C18H26N4O3. The van der Waals surface area contributed by atoms with E-state index in [2.05, 4.69) is 17.3 Å². The molecule has 3 rings (SSSR count). The smallest absolute Gasteiger partial charge is 0.318 e.